The van der Waals surface area contributed by atoms with E-state index < -0.39 is 4.92 Å². The van der Waals surface area contributed by atoms with E-state index in [1.807, 2.05) is 36.5 Å². The molecule has 3 aromatic rings. The highest BCUT2D eigenvalue weighted by molar-refractivity contribution is 8.26. The fourth-order valence-corrected chi connectivity index (χ4v) is 5.76. The molecule has 8 nitrogen and oxygen atoms in total. The van der Waals surface area contributed by atoms with E-state index in [4.69, 9.17) is 22.1 Å². The Kier molecular flexibility index (Phi) is 9.53. The van der Waals surface area contributed by atoms with Crippen LogP contribution in [0.2, 0.25) is 0 Å². The van der Waals surface area contributed by atoms with Gasteiger partial charge < -0.3 is 4.74 Å². The maximum atomic E-state index is 13.4. The lowest BCUT2D eigenvalue weighted by Gasteiger charge is -2.21. The molecule has 0 aliphatic carbocycles. The number of amides is 1. The Morgan fingerprint density at radius 3 is 2.62 bits per heavy atom. The highest BCUT2D eigenvalue weighted by Crippen LogP contribution is 2.38. The Morgan fingerprint density at radius 1 is 1.18 bits per heavy atom. The molecular weight excluding hydrogens is 532 g/mol. The fourth-order valence-electron chi connectivity index (χ4n) is 4.49. The normalized spacial score (nSPS) is 15.3. The van der Waals surface area contributed by atoms with Crippen molar-refractivity contribution in [2.24, 2.45) is 5.92 Å². The van der Waals surface area contributed by atoms with E-state index in [0.717, 1.165) is 31.4 Å². The van der Waals surface area contributed by atoms with E-state index in [2.05, 4.69) is 13.8 Å². The molecule has 2 aromatic carbocycles. The van der Waals surface area contributed by atoms with Gasteiger partial charge in [-0.05, 0) is 49.6 Å². The number of thiocarbonyl (C=S) groups is 1. The van der Waals surface area contributed by atoms with Crippen molar-refractivity contribution in [1.29, 1.82) is 0 Å². The lowest BCUT2D eigenvalue weighted by atomic mass is 9.99. The van der Waals surface area contributed by atoms with E-state index in [0.29, 0.717) is 45.1 Å². The minimum atomic E-state index is -0.462. The van der Waals surface area contributed by atoms with Gasteiger partial charge in [0.25, 0.3) is 5.91 Å². The van der Waals surface area contributed by atoms with Crippen molar-refractivity contribution in [3.8, 4) is 22.7 Å². The van der Waals surface area contributed by atoms with Crippen LogP contribution in [0.3, 0.4) is 0 Å². The molecule has 0 saturated carbocycles. The number of para-hydroxylation sites is 1. The average molecular weight is 565 g/mol. The standard InChI is InChI=1S/C29H32N4O4S2/c1-4-7-11-20(5-2)18-31-28(34)26(39-29(31)38)17-22-19-32(23-12-9-8-10-13-23)30-27(22)21-14-15-25(37-6-3)24(16-21)33(35)36/h8-10,12-17,19-20H,4-7,11,18H2,1-3H3. The first kappa shape index (κ1) is 28.5. The number of nitro groups is 1. The predicted octanol–water partition coefficient (Wildman–Crippen LogP) is 7.26. The number of nitro benzene ring substituents is 1. The summed E-state index contributed by atoms with van der Waals surface area (Å²) in [6.07, 6.45) is 7.91. The van der Waals surface area contributed by atoms with Crippen LogP contribution in [0.5, 0.6) is 5.75 Å². The molecule has 4 rings (SSSR count). The van der Waals surface area contributed by atoms with Crippen LogP contribution >= 0.6 is 24.0 Å². The molecule has 1 unspecified atom stereocenters. The fraction of sp³-hybridized carbons (Fsp3) is 0.345. The summed E-state index contributed by atoms with van der Waals surface area (Å²) in [4.78, 5) is 27.0. The van der Waals surface area contributed by atoms with E-state index in [1.165, 1.54) is 17.8 Å². The summed E-state index contributed by atoms with van der Waals surface area (Å²) in [6, 6.07) is 14.4. The van der Waals surface area contributed by atoms with Crippen LogP contribution in [-0.4, -0.2) is 43.0 Å². The SMILES string of the molecule is CCCCC(CC)CN1C(=O)C(=Cc2cn(-c3ccccc3)nc2-c2ccc(OCC)c([N+](=O)[O-])c2)SC1=S. The van der Waals surface area contributed by atoms with Gasteiger partial charge in [-0.3, -0.25) is 19.8 Å². The van der Waals surface area contributed by atoms with Gasteiger partial charge in [0.2, 0.25) is 0 Å². The Balaban J connectivity index is 1.74. The predicted molar refractivity (Wildman–Crippen MR) is 160 cm³/mol. The molecule has 204 valence electrons. The molecular formula is C29H32N4O4S2. The van der Waals surface area contributed by atoms with Crippen LogP contribution in [0.1, 0.15) is 52.0 Å². The molecule has 1 aromatic heterocycles. The number of carbonyl (C=O) groups excluding carboxylic acids is 1. The van der Waals surface area contributed by atoms with Gasteiger partial charge in [-0.1, -0.05) is 75.3 Å². The number of benzene rings is 2. The molecule has 1 saturated heterocycles. The van der Waals surface area contributed by atoms with Crippen LogP contribution < -0.4 is 4.74 Å². The first-order valence-electron chi connectivity index (χ1n) is 13.2. The maximum Gasteiger partial charge on any atom is 0.311 e. The van der Waals surface area contributed by atoms with Gasteiger partial charge in [0.05, 0.1) is 22.1 Å². The highest BCUT2D eigenvalue weighted by Gasteiger charge is 2.33. The number of unbranched alkanes of at least 4 members (excludes halogenated alkanes) is 1. The van der Waals surface area contributed by atoms with Crippen LogP contribution in [-0.2, 0) is 4.79 Å². The number of hydrogen-bond donors (Lipinski definition) is 0. The smallest absolute Gasteiger partial charge is 0.311 e. The largest absolute Gasteiger partial charge is 0.487 e. The molecule has 1 amide bonds. The third kappa shape index (κ3) is 6.57. The molecule has 0 N–H and O–H groups in total. The summed E-state index contributed by atoms with van der Waals surface area (Å²) in [6.45, 7) is 7.02. The summed E-state index contributed by atoms with van der Waals surface area (Å²) in [5.74, 6) is 0.480. The Morgan fingerprint density at radius 2 is 1.95 bits per heavy atom. The van der Waals surface area contributed by atoms with Crippen LogP contribution in [0.4, 0.5) is 5.69 Å². The quantitative estimate of drug-likeness (QED) is 0.0989. The average Bonchev–Trinajstić information content (AvgIpc) is 3.47. The van der Waals surface area contributed by atoms with E-state index in [-0.39, 0.29) is 17.3 Å². The van der Waals surface area contributed by atoms with Crippen LogP contribution in [0, 0.1) is 16.0 Å². The molecule has 2 heterocycles. The van der Waals surface area contributed by atoms with Gasteiger partial charge in [0.15, 0.2) is 5.75 Å². The molecule has 0 bridgehead atoms. The van der Waals surface area contributed by atoms with Crippen molar-refractivity contribution in [2.45, 2.75) is 46.5 Å². The summed E-state index contributed by atoms with van der Waals surface area (Å²) >= 11 is 6.88. The molecule has 1 atom stereocenters. The summed E-state index contributed by atoms with van der Waals surface area (Å²) in [7, 11) is 0. The van der Waals surface area contributed by atoms with Crippen molar-refractivity contribution in [3.05, 3.63) is 75.3 Å². The zero-order chi connectivity index (χ0) is 27.9. The number of hydrogen-bond acceptors (Lipinski definition) is 7. The van der Waals surface area contributed by atoms with Crippen molar-refractivity contribution in [1.82, 2.24) is 14.7 Å². The second-order valence-electron chi connectivity index (χ2n) is 9.29. The summed E-state index contributed by atoms with van der Waals surface area (Å²) in [5, 5.41) is 16.6. The van der Waals surface area contributed by atoms with Gasteiger partial charge in [-0.2, -0.15) is 5.10 Å². The number of aromatic nitrogens is 2. The monoisotopic (exact) mass is 564 g/mol. The summed E-state index contributed by atoms with van der Waals surface area (Å²) < 4.78 is 7.72. The Labute approximate surface area is 238 Å². The molecule has 39 heavy (non-hydrogen) atoms. The number of nitrogens with zero attached hydrogens (tertiary/aromatic N) is 4. The molecule has 1 aliphatic heterocycles. The molecule has 0 radical (unpaired) electrons. The van der Waals surface area contributed by atoms with Crippen molar-refractivity contribution >= 4 is 46.0 Å². The Hall–Kier alpha value is -3.50. The first-order valence-corrected chi connectivity index (χ1v) is 14.4. The zero-order valence-electron chi connectivity index (χ0n) is 22.3. The zero-order valence-corrected chi connectivity index (χ0v) is 24.0. The molecule has 1 fully saturated rings. The number of ether oxygens (including phenoxy) is 1. The van der Waals surface area contributed by atoms with E-state index in [1.54, 1.807) is 34.7 Å². The summed E-state index contributed by atoms with van der Waals surface area (Å²) in [5.41, 5.74) is 2.42. The second kappa shape index (κ2) is 13.0. The first-order chi connectivity index (χ1) is 18.9. The lowest BCUT2D eigenvalue weighted by molar-refractivity contribution is -0.385. The second-order valence-corrected chi connectivity index (χ2v) is 11.0. The molecule has 0 spiro atoms. The van der Waals surface area contributed by atoms with Gasteiger partial charge in [-0.15, -0.1) is 0 Å². The lowest BCUT2D eigenvalue weighted by Crippen LogP contribution is -2.33. The van der Waals surface area contributed by atoms with Crippen molar-refractivity contribution in [2.75, 3.05) is 13.2 Å². The minimum Gasteiger partial charge on any atom is -0.487 e. The van der Waals surface area contributed by atoms with Gasteiger partial charge in [0, 0.05) is 29.9 Å². The Bertz CT molecular complexity index is 1390. The minimum absolute atomic E-state index is 0.115. The van der Waals surface area contributed by atoms with Gasteiger partial charge in [-0.25, -0.2) is 4.68 Å². The van der Waals surface area contributed by atoms with Crippen LogP contribution in [0.25, 0.3) is 23.0 Å². The van der Waals surface area contributed by atoms with Crippen LogP contribution in [0.15, 0.2) is 59.6 Å². The molecule has 1 aliphatic rings. The van der Waals surface area contributed by atoms with E-state index >= 15 is 0 Å². The van der Waals surface area contributed by atoms with Crippen molar-refractivity contribution in [3.63, 3.8) is 0 Å². The number of carbonyl (C=O) groups is 1. The maximum absolute atomic E-state index is 13.4. The third-order valence-electron chi connectivity index (χ3n) is 6.64. The highest BCUT2D eigenvalue weighted by atomic mass is 32.2. The number of rotatable bonds is 12. The van der Waals surface area contributed by atoms with Gasteiger partial charge in [0.1, 0.15) is 10.0 Å². The topological polar surface area (TPSA) is 90.5 Å². The van der Waals surface area contributed by atoms with E-state index in [9.17, 15) is 14.9 Å². The molecule has 10 heteroatoms. The third-order valence-corrected chi connectivity index (χ3v) is 8.01. The van der Waals surface area contributed by atoms with Gasteiger partial charge >= 0.3 is 5.69 Å². The van der Waals surface area contributed by atoms with Crippen molar-refractivity contribution < 1.29 is 14.5 Å². The number of thioether (sulfide) groups is 1.